The third kappa shape index (κ3) is 9.07. The number of pyridine rings is 1. The lowest BCUT2D eigenvalue weighted by Crippen LogP contribution is -2.41. The van der Waals surface area contributed by atoms with Crippen molar-refractivity contribution in [3.05, 3.63) is 30.1 Å². The molecule has 158 valence electrons. The SMILES string of the molecule is CN=C(NCCCN(Cc1cccnc1)C(=O)OC(C)(C)C)NC1CC1C.I. The Labute approximate surface area is 185 Å². The van der Waals surface area contributed by atoms with Crippen LogP contribution in [0.4, 0.5) is 4.79 Å². The summed E-state index contributed by atoms with van der Waals surface area (Å²) in [6, 6.07) is 4.37. The number of halogens is 1. The van der Waals surface area contributed by atoms with Crippen molar-refractivity contribution in [1.82, 2.24) is 20.5 Å². The van der Waals surface area contributed by atoms with Gasteiger partial charge in [0, 0.05) is 38.6 Å². The lowest BCUT2D eigenvalue weighted by atomic mass is 10.2. The second kappa shape index (κ2) is 11.4. The molecular formula is C20H34IN5O2. The van der Waals surface area contributed by atoms with Crippen LogP contribution < -0.4 is 10.6 Å². The molecule has 0 aliphatic heterocycles. The van der Waals surface area contributed by atoms with Crippen LogP contribution in [0.2, 0.25) is 0 Å². The van der Waals surface area contributed by atoms with Gasteiger partial charge in [0.2, 0.25) is 0 Å². The topological polar surface area (TPSA) is 78.9 Å². The molecule has 1 saturated carbocycles. The van der Waals surface area contributed by atoms with Gasteiger partial charge >= 0.3 is 6.09 Å². The van der Waals surface area contributed by atoms with Crippen LogP contribution in [0, 0.1) is 5.92 Å². The number of amides is 1. The monoisotopic (exact) mass is 503 g/mol. The van der Waals surface area contributed by atoms with Crippen molar-refractivity contribution >= 4 is 36.0 Å². The quantitative estimate of drug-likeness (QED) is 0.258. The van der Waals surface area contributed by atoms with Crippen LogP contribution in [-0.2, 0) is 11.3 Å². The number of ether oxygens (including phenoxy) is 1. The molecule has 1 aromatic heterocycles. The van der Waals surface area contributed by atoms with E-state index in [-0.39, 0.29) is 30.1 Å². The van der Waals surface area contributed by atoms with Crippen LogP contribution in [0.3, 0.4) is 0 Å². The maximum Gasteiger partial charge on any atom is 0.410 e. The van der Waals surface area contributed by atoms with Gasteiger partial charge < -0.3 is 20.3 Å². The summed E-state index contributed by atoms with van der Waals surface area (Å²) in [5, 5.41) is 6.71. The van der Waals surface area contributed by atoms with Gasteiger partial charge in [-0.2, -0.15) is 0 Å². The molecule has 2 N–H and O–H groups in total. The molecule has 0 spiro atoms. The Balaban J connectivity index is 0.00000392. The van der Waals surface area contributed by atoms with E-state index >= 15 is 0 Å². The van der Waals surface area contributed by atoms with Gasteiger partial charge in [-0.25, -0.2) is 4.79 Å². The van der Waals surface area contributed by atoms with Gasteiger partial charge in [-0.3, -0.25) is 9.98 Å². The molecule has 0 radical (unpaired) electrons. The molecule has 2 atom stereocenters. The highest BCUT2D eigenvalue weighted by atomic mass is 127. The molecule has 0 saturated heterocycles. The summed E-state index contributed by atoms with van der Waals surface area (Å²) in [5.41, 5.74) is 0.464. The molecule has 7 nitrogen and oxygen atoms in total. The third-order valence-electron chi connectivity index (χ3n) is 4.30. The third-order valence-corrected chi connectivity index (χ3v) is 4.30. The van der Waals surface area contributed by atoms with Gasteiger partial charge in [0.1, 0.15) is 5.60 Å². The first-order chi connectivity index (χ1) is 12.8. The van der Waals surface area contributed by atoms with Crippen molar-refractivity contribution in [2.45, 2.75) is 58.7 Å². The van der Waals surface area contributed by atoms with E-state index in [1.807, 2.05) is 32.9 Å². The first-order valence-electron chi connectivity index (χ1n) is 9.62. The first-order valence-corrected chi connectivity index (χ1v) is 9.62. The predicted molar refractivity (Wildman–Crippen MR) is 123 cm³/mol. The maximum atomic E-state index is 12.6. The Kier molecular flexibility index (Phi) is 9.98. The predicted octanol–water partition coefficient (Wildman–Crippen LogP) is 3.40. The number of carbonyl (C=O) groups excluding carboxylic acids is 1. The van der Waals surface area contributed by atoms with E-state index in [0.717, 1.165) is 24.5 Å². The molecule has 28 heavy (non-hydrogen) atoms. The van der Waals surface area contributed by atoms with E-state index in [4.69, 9.17) is 4.74 Å². The minimum Gasteiger partial charge on any atom is -0.444 e. The van der Waals surface area contributed by atoms with Gasteiger partial charge in [0.05, 0.1) is 6.54 Å². The molecule has 1 amide bonds. The number of aliphatic imine (C=N–C) groups is 1. The number of guanidine groups is 1. The molecule has 1 heterocycles. The van der Waals surface area contributed by atoms with Gasteiger partial charge in [-0.1, -0.05) is 13.0 Å². The average Bonchev–Trinajstić information content (AvgIpc) is 3.30. The lowest BCUT2D eigenvalue weighted by molar-refractivity contribution is 0.0232. The van der Waals surface area contributed by atoms with Crippen molar-refractivity contribution < 1.29 is 9.53 Å². The highest BCUT2D eigenvalue weighted by Crippen LogP contribution is 2.28. The molecule has 1 aliphatic rings. The zero-order valence-electron chi connectivity index (χ0n) is 17.6. The number of carbonyl (C=O) groups is 1. The molecule has 2 unspecified atom stereocenters. The molecule has 8 heteroatoms. The minimum absolute atomic E-state index is 0. The second-order valence-corrected chi connectivity index (χ2v) is 8.08. The van der Waals surface area contributed by atoms with Gasteiger partial charge in [-0.15, -0.1) is 24.0 Å². The first kappa shape index (κ1) is 24.5. The van der Waals surface area contributed by atoms with Crippen LogP contribution in [0.5, 0.6) is 0 Å². The molecule has 1 aliphatic carbocycles. The number of hydrogen-bond acceptors (Lipinski definition) is 4. The summed E-state index contributed by atoms with van der Waals surface area (Å²) in [7, 11) is 1.78. The lowest BCUT2D eigenvalue weighted by Gasteiger charge is -2.27. The van der Waals surface area contributed by atoms with Crippen LogP contribution in [0.25, 0.3) is 0 Å². The minimum atomic E-state index is -0.518. The Bertz CT molecular complexity index is 633. The molecule has 2 rings (SSSR count). The van der Waals surface area contributed by atoms with E-state index in [9.17, 15) is 4.79 Å². The zero-order valence-corrected chi connectivity index (χ0v) is 19.9. The zero-order chi connectivity index (χ0) is 19.9. The van der Waals surface area contributed by atoms with Gasteiger partial charge in [0.15, 0.2) is 5.96 Å². The Morgan fingerprint density at radius 3 is 2.68 bits per heavy atom. The van der Waals surface area contributed by atoms with E-state index in [0.29, 0.717) is 25.0 Å². The van der Waals surface area contributed by atoms with Crippen LogP contribution >= 0.6 is 24.0 Å². The van der Waals surface area contributed by atoms with Crippen LogP contribution in [-0.4, -0.2) is 53.7 Å². The fourth-order valence-corrected chi connectivity index (χ4v) is 2.64. The highest BCUT2D eigenvalue weighted by Gasteiger charge is 2.33. The van der Waals surface area contributed by atoms with Gasteiger partial charge in [-0.05, 0) is 51.2 Å². The number of hydrogen-bond donors (Lipinski definition) is 2. The largest absolute Gasteiger partial charge is 0.444 e. The Hall–Kier alpha value is -1.58. The van der Waals surface area contributed by atoms with Gasteiger partial charge in [0.25, 0.3) is 0 Å². The Morgan fingerprint density at radius 1 is 1.43 bits per heavy atom. The normalized spacial score (nSPS) is 18.7. The van der Waals surface area contributed by atoms with Crippen molar-refractivity contribution in [3.8, 4) is 0 Å². The standard InChI is InChI=1S/C20H33N5O2.HI/c1-15-12-17(15)24-18(21-5)23-10-7-11-25(19(26)27-20(2,3)4)14-16-8-6-9-22-13-16;/h6,8-9,13,15,17H,7,10-12,14H2,1-5H3,(H2,21,23,24);1H. The summed E-state index contributed by atoms with van der Waals surface area (Å²) in [6.45, 7) is 9.66. The summed E-state index contributed by atoms with van der Waals surface area (Å²) in [5.74, 6) is 1.53. The van der Waals surface area contributed by atoms with E-state index in [1.165, 1.54) is 6.42 Å². The molecule has 0 aromatic carbocycles. The summed E-state index contributed by atoms with van der Waals surface area (Å²) in [4.78, 5) is 22.7. The summed E-state index contributed by atoms with van der Waals surface area (Å²) >= 11 is 0. The molecule has 1 fully saturated rings. The maximum absolute atomic E-state index is 12.6. The van der Waals surface area contributed by atoms with Crippen molar-refractivity contribution in [1.29, 1.82) is 0 Å². The Morgan fingerprint density at radius 2 is 2.14 bits per heavy atom. The second-order valence-electron chi connectivity index (χ2n) is 8.08. The smallest absolute Gasteiger partial charge is 0.410 e. The van der Waals surface area contributed by atoms with E-state index in [2.05, 4.69) is 27.5 Å². The number of nitrogens with one attached hydrogen (secondary N) is 2. The van der Waals surface area contributed by atoms with Crippen LogP contribution in [0.15, 0.2) is 29.5 Å². The van der Waals surface area contributed by atoms with Crippen molar-refractivity contribution in [3.63, 3.8) is 0 Å². The number of aromatic nitrogens is 1. The summed E-state index contributed by atoms with van der Waals surface area (Å²) in [6.07, 6.45) is 5.18. The molecular weight excluding hydrogens is 469 g/mol. The molecule has 0 bridgehead atoms. The molecule has 1 aromatic rings. The number of nitrogens with zero attached hydrogens (tertiary/aromatic N) is 3. The fraction of sp³-hybridized carbons (Fsp3) is 0.650. The van der Waals surface area contributed by atoms with Crippen LogP contribution in [0.1, 0.15) is 46.1 Å². The van der Waals surface area contributed by atoms with E-state index < -0.39 is 5.60 Å². The van der Waals surface area contributed by atoms with E-state index in [1.54, 1.807) is 24.3 Å². The number of rotatable bonds is 7. The fourth-order valence-electron chi connectivity index (χ4n) is 2.64. The van der Waals surface area contributed by atoms with Crippen molar-refractivity contribution in [2.24, 2.45) is 10.9 Å². The average molecular weight is 503 g/mol. The summed E-state index contributed by atoms with van der Waals surface area (Å²) < 4.78 is 5.55. The highest BCUT2D eigenvalue weighted by molar-refractivity contribution is 14.0. The van der Waals surface area contributed by atoms with Crippen molar-refractivity contribution in [2.75, 3.05) is 20.1 Å².